The molecule has 1 saturated heterocycles. The average Bonchev–Trinajstić information content (AvgIpc) is 3.23. The summed E-state index contributed by atoms with van der Waals surface area (Å²) in [6.45, 7) is 5.14. The van der Waals surface area contributed by atoms with Gasteiger partial charge in [-0.1, -0.05) is 30.3 Å². The van der Waals surface area contributed by atoms with Crippen LogP contribution in [0.1, 0.15) is 47.5 Å². The minimum absolute atomic E-state index is 0.270. The van der Waals surface area contributed by atoms with E-state index in [1.807, 2.05) is 18.3 Å². The van der Waals surface area contributed by atoms with Crippen molar-refractivity contribution in [2.24, 2.45) is 0 Å². The van der Waals surface area contributed by atoms with Gasteiger partial charge in [0.1, 0.15) is 17.5 Å². The molecule has 0 aliphatic carbocycles. The number of nitrogens with zero attached hydrogens (tertiary/aromatic N) is 4. The number of benzene rings is 1. The molecule has 0 amide bonds. The Labute approximate surface area is 148 Å². The maximum atomic E-state index is 4.83. The third kappa shape index (κ3) is 3.27. The molecule has 1 aliphatic rings. The van der Waals surface area contributed by atoms with E-state index < -0.39 is 0 Å². The van der Waals surface area contributed by atoms with Gasteiger partial charge in [0.05, 0.1) is 11.7 Å². The van der Waals surface area contributed by atoms with Crippen molar-refractivity contribution in [2.75, 3.05) is 11.4 Å². The molecule has 5 heteroatoms. The van der Waals surface area contributed by atoms with Crippen LogP contribution in [0.25, 0.3) is 0 Å². The van der Waals surface area contributed by atoms with E-state index in [0.717, 1.165) is 54.7 Å². The fraction of sp³-hybridized carbons (Fsp3) is 0.350. The lowest BCUT2D eigenvalue weighted by molar-refractivity contribution is 0.665. The summed E-state index contributed by atoms with van der Waals surface area (Å²) in [7, 11) is 0. The van der Waals surface area contributed by atoms with Crippen molar-refractivity contribution in [3.63, 3.8) is 0 Å². The van der Waals surface area contributed by atoms with E-state index in [1.165, 1.54) is 5.56 Å². The Kier molecular flexibility index (Phi) is 4.22. The third-order valence-corrected chi connectivity index (χ3v) is 4.90. The Bertz CT molecular complexity index is 836. The number of nitrogens with one attached hydrogen (secondary N) is 1. The molecule has 0 bridgehead atoms. The van der Waals surface area contributed by atoms with Gasteiger partial charge in [-0.15, -0.1) is 0 Å². The smallest absolute Gasteiger partial charge is 0.135 e. The van der Waals surface area contributed by atoms with Gasteiger partial charge in [-0.25, -0.2) is 15.0 Å². The van der Waals surface area contributed by atoms with Crippen LogP contribution < -0.4 is 4.90 Å². The Balaban J connectivity index is 1.59. The maximum Gasteiger partial charge on any atom is 0.135 e. The largest absolute Gasteiger partial charge is 0.346 e. The molecular weight excluding hydrogens is 310 g/mol. The van der Waals surface area contributed by atoms with E-state index in [-0.39, 0.29) is 6.04 Å². The molecule has 2 aromatic heterocycles. The number of aromatic nitrogens is 4. The van der Waals surface area contributed by atoms with Crippen LogP contribution in [-0.4, -0.2) is 26.5 Å². The van der Waals surface area contributed by atoms with E-state index >= 15 is 0 Å². The van der Waals surface area contributed by atoms with Crippen molar-refractivity contribution in [3.8, 4) is 0 Å². The zero-order valence-corrected chi connectivity index (χ0v) is 14.7. The number of aromatic amines is 1. The van der Waals surface area contributed by atoms with Gasteiger partial charge < -0.3 is 9.88 Å². The molecule has 1 aliphatic heterocycles. The average molecular weight is 333 g/mol. The summed E-state index contributed by atoms with van der Waals surface area (Å²) in [5, 5.41) is 0. The van der Waals surface area contributed by atoms with E-state index in [2.05, 4.69) is 53.0 Å². The lowest BCUT2D eigenvalue weighted by atomic mass is 10.1. The number of rotatable bonds is 4. The second-order valence-electron chi connectivity index (χ2n) is 6.68. The van der Waals surface area contributed by atoms with Gasteiger partial charge >= 0.3 is 0 Å². The first kappa shape index (κ1) is 15.8. The number of hydrogen-bond donors (Lipinski definition) is 1. The van der Waals surface area contributed by atoms with Gasteiger partial charge in [-0.05, 0) is 38.3 Å². The number of aryl methyl sites for hydroxylation is 2. The zero-order chi connectivity index (χ0) is 17.2. The molecule has 1 fully saturated rings. The second-order valence-corrected chi connectivity index (χ2v) is 6.68. The molecular formula is C20H23N5. The van der Waals surface area contributed by atoms with Crippen LogP contribution >= 0.6 is 0 Å². The minimum Gasteiger partial charge on any atom is -0.346 e. The van der Waals surface area contributed by atoms with Crippen molar-refractivity contribution >= 4 is 5.82 Å². The summed E-state index contributed by atoms with van der Waals surface area (Å²) in [6, 6.07) is 12.6. The van der Waals surface area contributed by atoms with Crippen molar-refractivity contribution in [1.29, 1.82) is 0 Å². The van der Waals surface area contributed by atoms with Crippen LogP contribution in [0.4, 0.5) is 5.82 Å². The summed E-state index contributed by atoms with van der Waals surface area (Å²) in [6.07, 6.45) is 4.88. The Morgan fingerprint density at radius 1 is 1.12 bits per heavy atom. The number of hydrogen-bond acceptors (Lipinski definition) is 4. The molecule has 1 unspecified atom stereocenters. The van der Waals surface area contributed by atoms with E-state index in [4.69, 9.17) is 9.97 Å². The molecule has 128 valence electrons. The number of anilines is 1. The highest BCUT2D eigenvalue weighted by Crippen LogP contribution is 2.34. The van der Waals surface area contributed by atoms with Crippen LogP contribution in [0.15, 0.2) is 42.6 Å². The minimum atomic E-state index is 0.270. The number of H-pyrrole nitrogens is 1. The van der Waals surface area contributed by atoms with E-state index in [9.17, 15) is 0 Å². The Morgan fingerprint density at radius 3 is 2.72 bits per heavy atom. The molecule has 5 nitrogen and oxygen atoms in total. The van der Waals surface area contributed by atoms with Gasteiger partial charge in [-0.3, -0.25) is 0 Å². The lowest BCUT2D eigenvalue weighted by Crippen LogP contribution is -2.25. The highest BCUT2D eigenvalue weighted by atomic mass is 15.3. The van der Waals surface area contributed by atoms with Crippen molar-refractivity contribution < 1.29 is 0 Å². The molecule has 1 aromatic carbocycles. The molecule has 3 heterocycles. The van der Waals surface area contributed by atoms with Crippen LogP contribution in [0.3, 0.4) is 0 Å². The Hall–Kier alpha value is -2.69. The van der Waals surface area contributed by atoms with Gasteiger partial charge in [-0.2, -0.15) is 0 Å². The third-order valence-electron chi connectivity index (χ3n) is 4.90. The molecule has 0 radical (unpaired) electrons. The first-order valence-electron chi connectivity index (χ1n) is 8.86. The molecule has 25 heavy (non-hydrogen) atoms. The highest BCUT2D eigenvalue weighted by Gasteiger charge is 2.29. The molecule has 1 N–H and O–H groups in total. The van der Waals surface area contributed by atoms with Gasteiger partial charge in [0.15, 0.2) is 0 Å². The maximum absolute atomic E-state index is 4.83. The predicted molar refractivity (Wildman–Crippen MR) is 98.7 cm³/mol. The van der Waals surface area contributed by atoms with Crippen molar-refractivity contribution in [1.82, 2.24) is 19.9 Å². The molecule has 1 atom stereocenters. The predicted octanol–water partition coefficient (Wildman–Crippen LogP) is 3.75. The van der Waals surface area contributed by atoms with E-state index in [0.29, 0.717) is 0 Å². The molecule has 3 aromatic rings. The summed E-state index contributed by atoms with van der Waals surface area (Å²) in [5.41, 5.74) is 3.46. The van der Waals surface area contributed by atoms with Gasteiger partial charge in [0, 0.05) is 24.9 Å². The van der Waals surface area contributed by atoms with Crippen molar-refractivity contribution in [2.45, 2.75) is 39.2 Å². The highest BCUT2D eigenvalue weighted by molar-refractivity contribution is 5.42. The quantitative estimate of drug-likeness (QED) is 0.790. The first-order valence-corrected chi connectivity index (χ1v) is 8.86. The molecule has 0 saturated carbocycles. The zero-order valence-electron chi connectivity index (χ0n) is 14.7. The van der Waals surface area contributed by atoms with Crippen LogP contribution in [-0.2, 0) is 6.42 Å². The number of imidazole rings is 1. The lowest BCUT2D eigenvalue weighted by Gasteiger charge is -2.24. The summed E-state index contributed by atoms with van der Waals surface area (Å²) in [5.74, 6) is 2.91. The monoisotopic (exact) mass is 333 g/mol. The molecule has 4 rings (SSSR count). The Morgan fingerprint density at radius 2 is 1.96 bits per heavy atom. The van der Waals surface area contributed by atoms with Crippen LogP contribution in [0.5, 0.6) is 0 Å². The van der Waals surface area contributed by atoms with Gasteiger partial charge in [0.2, 0.25) is 0 Å². The fourth-order valence-corrected chi connectivity index (χ4v) is 3.47. The summed E-state index contributed by atoms with van der Waals surface area (Å²) >= 11 is 0. The van der Waals surface area contributed by atoms with E-state index in [1.54, 1.807) is 0 Å². The normalized spacial score (nSPS) is 17.2. The standard InChI is InChI=1S/C20H23N5/c1-14-15(2)23-20(22-14)17-9-6-12-25(17)19-10-11-21-18(24-19)13-16-7-4-3-5-8-16/h3-5,7-8,10-11,17H,6,9,12-13H2,1-2H3,(H,22,23). The van der Waals surface area contributed by atoms with Gasteiger partial charge in [0.25, 0.3) is 0 Å². The summed E-state index contributed by atoms with van der Waals surface area (Å²) < 4.78 is 0. The van der Waals surface area contributed by atoms with Crippen LogP contribution in [0, 0.1) is 13.8 Å². The second kappa shape index (κ2) is 6.67. The molecule has 0 spiro atoms. The topological polar surface area (TPSA) is 57.7 Å². The first-order chi connectivity index (χ1) is 12.2. The SMILES string of the molecule is Cc1nc(C2CCCN2c2ccnc(Cc3ccccc3)n2)[nH]c1C. The summed E-state index contributed by atoms with van der Waals surface area (Å²) in [4.78, 5) is 19.8. The van der Waals surface area contributed by atoms with Crippen molar-refractivity contribution in [3.05, 3.63) is 71.2 Å². The van der Waals surface area contributed by atoms with Crippen LogP contribution in [0.2, 0.25) is 0 Å². The fourth-order valence-electron chi connectivity index (χ4n) is 3.47.